The number of aliphatic hydroxyl groups excluding tert-OH is 1. The minimum atomic E-state index is -0.764. The molecule has 1 unspecified atom stereocenters. The summed E-state index contributed by atoms with van der Waals surface area (Å²) in [6.07, 6.45) is 0.737. The van der Waals surface area contributed by atoms with E-state index in [4.69, 9.17) is 0 Å². The number of anilines is 1. The molecule has 0 aliphatic heterocycles. The van der Waals surface area contributed by atoms with Gasteiger partial charge < -0.3 is 10.4 Å². The van der Waals surface area contributed by atoms with Crippen LogP contribution in [-0.4, -0.2) is 31.4 Å². The number of aliphatic hydroxyl groups is 1. The average Bonchev–Trinajstić information content (AvgIpc) is 3.28. The zero-order chi connectivity index (χ0) is 21.9. The maximum Gasteiger partial charge on any atom is 0.263 e. The lowest BCUT2D eigenvalue weighted by Crippen LogP contribution is -2.18. The zero-order valence-electron chi connectivity index (χ0n) is 17.1. The summed E-state index contributed by atoms with van der Waals surface area (Å²) >= 11 is 0. The summed E-state index contributed by atoms with van der Waals surface area (Å²) in [4.78, 5) is 19.7. The van der Waals surface area contributed by atoms with Gasteiger partial charge in [-0.2, -0.15) is 10.1 Å². The molecular weight excluding hydrogens is 402 g/mol. The van der Waals surface area contributed by atoms with Crippen molar-refractivity contribution in [1.29, 1.82) is 0 Å². The summed E-state index contributed by atoms with van der Waals surface area (Å²) in [5, 5.41) is 18.4. The molecule has 0 aliphatic rings. The number of rotatable bonds is 6. The molecule has 7 nitrogen and oxygen atoms in total. The molecule has 5 aromatic rings. The molecule has 3 N–H and O–H groups in total. The second-order valence-corrected chi connectivity index (χ2v) is 7.43. The fourth-order valence-corrected chi connectivity index (χ4v) is 3.60. The third-order valence-electron chi connectivity index (χ3n) is 5.30. The Morgan fingerprint density at radius 2 is 1.56 bits per heavy atom. The number of fused-ring (bicyclic) bond motifs is 1. The van der Waals surface area contributed by atoms with E-state index < -0.39 is 6.10 Å². The number of H-pyrrole nitrogens is 1. The van der Waals surface area contributed by atoms with Crippen LogP contribution in [0.25, 0.3) is 27.8 Å². The molecule has 32 heavy (non-hydrogen) atoms. The third-order valence-corrected chi connectivity index (χ3v) is 5.30. The standard InChI is InChI=1S/C25H21N5O2/c31-22(19-13-11-18(12-14-19)17-7-3-1-4-8-17)16-26-25-28-23-21(24(32)29-25)15-27-30(23)20-9-5-2-6-10-20/h1-15,22,31H,16H2,(H2,26,28,29,32). The lowest BCUT2D eigenvalue weighted by molar-refractivity contribution is 0.191. The smallest absolute Gasteiger partial charge is 0.263 e. The van der Waals surface area contributed by atoms with Crippen molar-refractivity contribution in [2.45, 2.75) is 6.10 Å². The summed E-state index contributed by atoms with van der Waals surface area (Å²) in [6, 6.07) is 27.3. The first-order valence-corrected chi connectivity index (χ1v) is 10.3. The maximum absolute atomic E-state index is 12.5. The van der Waals surface area contributed by atoms with Gasteiger partial charge in [-0.05, 0) is 28.8 Å². The van der Waals surface area contributed by atoms with Gasteiger partial charge >= 0.3 is 0 Å². The summed E-state index contributed by atoms with van der Waals surface area (Å²) in [5.41, 5.74) is 3.95. The SMILES string of the molecule is O=c1[nH]c(NCC(O)c2ccc(-c3ccccc3)cc2)nc2c1cnn2-c1ccccc1. The van der Waals surface area contributed by atoms with E-state index in [1.165, 1.54) is 6.20 Å². The van der Waals surface area contributed by atoms with Crippen molar-refractivity contribution in [3.63, 3.8) is 0 Å². The highest BCUT2D eigenvalue weighted by Gasteiger charge is 2.13. The van der Waals surface area contributed by atoms with Crippen LogP contribution >= 0.6 is 0 Å². The van der Waals surface area contributed by atoms with E-state index in [0.29, 0.717) is 11.0 Å². The third kappa shape index (κ3) is 3.89. The highest BCUT2D eigenvalue weighted by molar-refractivity contribution is 5.76. The molecule has 3 aromatic carbocycles. The molecule has 0 amide bonds. The van der Waals surface area contributed by atoms with Gasteiger partial charge in [0.15, 0.2) is 5.65 Å². The van der Waals surface area contributed by atoms with Crippen LogP contribution in [0.2, 0.25) is 0 Å². The average molecular weight is 423 g/mol. The van der Waals surface area contributed by atoms with Crippen molar-refractivity contribution in [2.75, 3.05) is 11.9 Å². The molecule has 0 aliphatic carbocycles. The van der Waals surface area contributed by atoms with Crippen molar-refractivity contribution < 1.29 is 5.11 Å². The Kier molecular flexibility index (Phi) is 5.23. The highest BCUT2D eigenvalue weighted by Crippen LogP contribution is 2.22. The van der Waals surface area contributed by atoms with Crippen molar-refractivity contribution in [3.05, 3.63) is 107 Å². The van der Waals surface area contributed by atoms with Gasteiger partial charge in [0, 0.05) is 6.54 Å². The predicted octanol–water partition coefficient (Wildman–Crippen LogP) is 3.92. The molecule has 0 bridgehead atoms. The van der Waals surface area contributed by atoms with Gasteiger partial charge in [0.1, 0.15) is 5.39 Å². The number of nitrogens with one attached hydrogen (secondary N) is 2. The Morgan fingerprint density at radius 3 is 2.28 bits per heavy atom. The summed E-state index contributed by atoms with van der Waals surface area (Å²) < 4.78 is 1.62. The molecule has 0 saturated carbocycles. The fraction of sp³-hybridized carbons (Fsp3) is 0.0800. The lowest BCUT2D eigenvalue weighted by Gasteiger charge is -2.13. The predicted molar refractivity (Wildman–Crippen MR) is 125 cm³/mol. The van der Waals surface area contributed by atoms with Crippen LogP contribution < -0.4 is 10.9 Å². The maximum atomic E-state index is 12.5. The quantitative estimate of drug-likeness (QED) is 0.385. The number of nitrogens with zero attached hydrogens (tertiary/aromatic N) is 3. The molecule has 0 saturated heterocycles. The first-order valence-electron chi connectivity index (χ1n) is 10.3. The number of aromatic nitrogens is 4. The Bertz CT molecular complexity index is 1390. The van der Waals surface area contributed by atoms with E-state index in [2.05, 4.69) is 20.4 Å². The Hall–Kier alpha value is -4.23. The van der Waals surface area contributed by atoms with Crippen molar-refractivity contribution in [3.8, 4) is 16.8 Å². The monoisotopic (exact) mass is 423 g/mol. The normalized spacial score (nSPS) is 12.0. The van der Waals surface area contributed by atoms with Crippen molar-refractivity contribution >= 4 is 17.0 Å². The van der Waals surface area contributed by atoms with Gasteiger partial charge in [-0.25, -0.2) is 4.68 Å². The number of benzene rings is 3. The molecular formula is C25H21N5O2. The van der Waals surface area contributed by atoms with Gasteiger partial charge in [0.05, 0.1) is 18.0 Å². The van der Waals surface area contributed by atoms with E-state index in [1.807, 2.05) is 84.9 Å². The van der Waals surface area contributed by atoms with E-state index in [0.717, 1.165) is 22.4 Å². The Labute approximate surface area is 184 Å². The number of hydrogen-bond acceptors (Lipinski definition) is 5. The summed E-state index contributed by atoms with van der Waals surface area (Å²) in [5.74, 6) is 0.278. The van der Waals surface area contributed by atoms with Crippen LogP contribution in [0.15, 0.2) is 95.9 Å². The molecule has 2 aromatic heterocycles. The van der Waals surface area contributed by atoms with Gasteiger partial charge in [-0.3, -0.25) is 9.78 Å². The molecule has 0 fully saturated rings. The van der Waals surface area contributed by atoms with Gasteiger partial charge in [0.2, 0.25) is 5.95 Å². The lowest BCUT2D eigenvalue weighted by atomic mass is 10.0. The van der Waals surface area contributed by atoms with E-state index in [9.17, 15) is 9.90 Å². The van der Waals surface area contributed by atoms with Gasteiger partial charge in [0.25, 0.3) is 5.56 Å². The number of para-hydroxylation sites is 1. The van der Waals surface area contributed by atoms with Crippen LogP contribution in [0.4, 0.5) is 5.95 Å². The van der Waals surface area contributed by atoms with Crippen LogP contribution in [0.3, 0.4) is 0 Å². The van der Waals surface area contributed by atoms with E-state index in [1.54, 1.807) is 4.68 Å². The number of aromatic amines is 1. The second kappa shape index (κ2) is 8.49. The fourth-order valence-electron chi connectivity index (χ4n) is 3.60. The van der Waals surface area contributed by atoms with Gasteiger partial charge in [-0.1, -0.05) is 72.8 Å². The first kappa shape index (κ1) is 19.7. The Morgan fingerprint density at radius 1 is 0.906 bits per heavy atom. The molecule has 158 valence electrons. The molecule has 0 spiro atoms. The highest BCUT2D eigenvalue weighted by atomic mass is 16.3. The molecule has 0 radical (unpaired) electrons. The molecule has 1 atom stereocenters. The van der Waals surface area contributed by atoms with Crippen molar-refractivity contribution in [2.24, 2.45) is 0 Å². The molecule has 5 rings (SSSR count). The largest absolute Gasteiger partial charge is 0.387 e. The number of hydrogen-bond donors (Lipinski definition) is 3. The first-order chi connectivity index (χ1) is 15.7. The van der Waals surface area contributed by atoms with Crippen LogP contribution in [-0.2, 0) is 0 Å². The minimum absolute atomic E-state index is 0.193. The second-order valence-electron chi connectivity index (χ2n) is 7.43. The van der Waals surface area contributed by atoms with Crippen LogP contribution in [0.1, 0.15) is 11.7 Å². The van der Waals surface area contributed by atoms with Crippen LogP contribution in [0.5, 0.6) is 0 Å². The van der Waals surface area contributed by atoms with Crippen molar-refractivity contribution in [1.82, 2.24) is 19.7 Å². The topological polar surface area (TPSA) is 95.8 Å². The summed E-state index contributed by atoms with van der Waals surface area (Å²) in [7, 11) is 0. The minimum Gasteiger partial charge on any atom is -0.387 e. The van der Waals surface area contributed by atoms with E-state index >= 15 is 0 Å². The summed E-state index contributed by atoms with van der Waals surface area (Å²) in [6.45, 7) is 0.193. The molecule has 2 heterocycles. The van der Waals surface area contributed by atoms with Gasteiger partial charge in [-0.15, -0.1) is 0 Å². The molecule has 7 heteroatoms. The van der Waals surface area contributed by atoms with Crippen LogP contribution in [0, 0.1) is 0 Å². The van der Waals surface area contributed by atoms with E-state index in [-0.39, 0.29) is 18.1 Å². The zero-order valence-corrected chi connectivity index (χ0v) is 17.1. The Balaban J connectivity index is 1.34.